The van der Waals surface area contributed by atoms with Gasteiger partial charge in [0, 0.05) is 30.2 Å². The summed E-state index contributed by atoms with van der Waals surface area (Å²) in [5.41, 5.74) is 0.288. The SMILES string of the molecule is C.CCNC1CC=CCC1C(=O)N[C@@H](CN1CCC(C2CC=C(Cl)CC2)C(C)(C)C1)C(C)C.O.O.O. The number of nitrogens with zero attached hydrogens (tertiary/aromatic N) is 1. The molecule has 0 aromatic heterocycles. The minimum atomic E-state index is 0. The molecule has 4 unspecified atom stereocenters. The molecule has 8 heteroatoms. The van der Waals surface area contributed by atoms with Crippen LogP contribution in [0, 0.1) is 29.1 Å². The van der Waals surface area contributed by atoms with Gasteiger partial charge in [-0.1, -0.05) is 71.9 Å². The molecule has 0 aromatic rings. The molecule has 0 saturated carbocycles. The van der Waals surface area contributed by atoms with Gasteiger partial charge in [0.25, 0.3) is 0 Å². The predicted octanol–water partition coefficient (Wildman–Crippen LogP) is 3.50. The number of amides is 1. The summed E-state index contributed by atoms with van der Waals surface area (Å²) in [5, 5.41) is 8.02. The maximum atomic E-state index is 13.2. The number of rotatable bonds is 8. The molecule has 36 heavy (non-hydrogen) atoms. The van der Waals surface area contributed by atoms with Gasteiger partial charge in [0.2, 0.25) is 5.91 Å². The number of hydrogen-bond donors (Lipinski definition) is 2. The van der Waals surface area contributed by atoms with E-state index in [1.165, 1.54) is 12.8 Å². The van der Waals surface area contributed by atoms with Gasteiger partial charge >= 0.3 is 0 Å². The van der Waals surface area contributed by atoms with Crippen LogP contribution in [0.2, 0.25) is 0 Å². The van der Waals surface area contributed by atoms with Crippen molar-refractivity contribution in [3.05, 3.63) is 23.3 Å². The minimum Gasteiger partial charge on any atom is -0.412 e. The Labute approximate surface area is 225 Å². The van der Waals surface area contributed by atoms with Crippen molar-refractivity contribution in [1.29, 1.82) is 0 Å². The van der Waals surface area contributed by atoms with Crippen molar-refractivity contribution < 1.29 is 21.2 Å². The fourth-order valence-electron chi connectivity index (χ4n) is 6.29. The molecule has 3 rings (SSSR count). The van der Waals surface area contributed by atoms with Crippen molar-refractivity contribution >= 4 is 17.5 Å². The van der Waals surface area contributed by atoms with Gasteiger partial charge in [0.15, 0.2) is 0 Å². The molecule has 0 spiro atoms. The molecule has 1 saturated heterocycles. The van der Waals surface area contributed by atoms with Gasteiger partial charge in [-0.05, 0) is 74.8 Å². The quantitative estimate of drug-likeness (QED) is 0.461. The van der Waals surface area contributed by atoms with Crippen molar-refractivity contribution in [1.82, 2.24) is 15.5 Å². The summed E-state index contributed by atoms with van der Waals surface area (Å²) in [5.74, 6) is 2.19. The van der Waals surface area contributed by atoms with Crippen LogP contribution in [-0.2, 0) is 4.79 Å². The van der Waals surface area contributed by atoms with E-state index < -0.39 is 0 Å². The van der Waals surface area contributed by atoms with Crippen LogP contribution in [0.25, 0.3) is 0 Å². The second-order valence-corrected chi connectivity index (χ2v) is 11.9. The molecule has 3 aliphatic rings. The fourth-order valence-corrected chi connectivity index (χ4v) is 6.48. The molecule has 0 aromatic carbocycles. The Hall–Kier alpha value is -0.960. The van der Waals surface area contributed by atoms with E-state index in [1.807, 2.05) is 0 Å². The molecule has 1 heterocycles. The van der Waals surface area contributed by atoms with E-state index in [4.69, 9.17) is 11.6 Å². The largest absolute Gasteiger partial charge is 0.412 e. The summed E-state index contributed by atoms with van der Waals surface area (Å²) in [7, 11) is 0. The lowest BCUT2D eigenvalue weighted by atomic mass is 9.65. The first-order valence-electron chi connectivity index (χ1n) is 13.0. The van der Waals surface area contributed by atoms with Gasteiger partial charge in [-0.15, -0.1) is 0 Å². The first-order chi connectivity index (χ1) is 15.2. The lowest BCUT2D eigenvalue weighted by molar-refractivity contribution is -0.127. The summed E-state index contributed by atoms with van der Waals surface area (Å²) in [4.78, 5) is 15.8. The third-order valence-corrected chi connectivity index (χ3v) is 8.52. The second-order valence-electron chi connectivity index (χ2n) is 11.4. The number of allylic oxidation sites excluding steroid dienone is 3. The van der Waals surface area contributed by atoms with Crippen LogP contribution in [0.4, 0.5) is 0 Å². The molecule has 1 amide bonds. The topological polar surface area (TPSA) is 139 Å². The first kappa shape index (κ1) is 37.2. The summed E-state index contributed by atoms with van der Waals surface area (Å²) in [6, 6.07) is 0.449. The number of nitrogens with one attached hydrogen (secondary N) is 2. The molecular weight excluding hydrogens is 478 g/mol. The Bertz CT molecular complexity index is 698. The van der Waals surface area contributed by atoms with Crippen LogP contribution in [0.5, 0.6) is 0 Å². The van der Waals surface area contributed by atoms with Gasteiger partial charge in [0.1, 0.15) is 0 Å². The lowest BCUT2D eigenvalue weighted by Gasteiger charge is -2.49. The van der Waals surface area contributed by atoms with E-state index in [9.17, 15) is 4.79 Å². The molecule has 1 aliphatic heterocycles. The van der Waals surface area contributed by atoms with E-state index in [0.717, 1.165) is 68.7 Å². The summed E-state index contributed by atoms with van der Waals surface area (Å²) in [6.07, 6.45) is 13.1. The van der Waals surface area contributed by atoms with Gasteiger partial charge < -0.3 is 32.0 Å². The fraction of sp³-hybridized carbons (Fsp3) is 0.821. The Morgan fingerprint density at radius 2 is 1.81 bits per heavy atom. The van der Waals surface area contributed by atoms with E-state index in [2.05, 4.69) is 68.4 Å². The van der Waals surface area contributed by atoms with E-state index in [0.29, 0.717) is 5.92 Å². The van der Waals surface area contributed by atoms with Crippen molar-refractivity contribution in [3.63, 3.8) is 0 Å². The van der Waals surface area contributed by atoms with Crippen LogP contribution < -0.4 is 10.6 Å². The standard InChI is InChI=1S/C27H46ClN3O.CH4.3H2O/c1-6-29-24-10-8-7-9-22(24)26(32)30-25(19(2)3)17-31-16-15-23(27(4,5)18-31)20-11-13-21(28)14-12-20;;;;/h7-8,13,19-20,22-25,29H,6,9-12,14-18H2,1-5H3,(H,30,32);1H4;3*1H2/t20?,22?,23?,24?,25-;;;;/m0..../s1. The molecule has 8 N–H and O–H groups in total. The third kappa shape index (κ3) is 9.73. The smallest absolute Gasteiger partial charge is 0.225 e. The number of piperidine rings is 1. The van der Waals surface area contributed by atoms with E-state index in [-0.39, 0.29) is 53.2 Å². The number of halogens is 1. The molecule has 5 atom stereocenters. The van der Waals surface area contributed by atoms with Crippen LogP contribution in [0.1, 0.15) is 80.6 Å². The molecule has 0 bridgehead atoms. The number of carbonyl (C=O) groups is 1. The average Bonchev–Trinajstić information content (AvgIpc) is 2.74. The van der Waals surface area contributed by atoms with Crippen LogP contribution >= 0.6 is 11.6 Å². The first-order valence-corrected chi connectivity index (χ1v) is 13.3. The van der Waals surface area contributed by atoms with Crippen molar-refractivity contribution in [2.45, 2.75) is 92.7 Å². The zero-order valence-electron chi connectivity index (χ0n) is 22.5. The monoisotopic (exact) mass is 533 g/mol. The third-order valence-electron chi connectivity index (χ3n) is 8.18. The highest BCUT2D eigenvalue weighted by Crippen LogP contribution is 2.45. The maximum Gasteiger partial charge on any atom is 0.225 e. The second kappa shape index (κ2) is 16.8. The Morgan fingerprint density at radius 3 is 2.36 bits per heavy atom. The molecule has 0 radical (unpaired) electrons. The normalized spacial score (nSPS) is 28.4. The number of carbonyl (C=O) groups excluding carboxylic acids is 1. The lowest BCUT2D eigenvalue weighted by Crippen LogP contribution is -2.55. The zero-order chi connectivity index (χ0) is 23.3. The van der Waals surface area contributed by atoms with Crippen molar-refractivity contribution in [2.24, 2.45) is 29.1 Å². The predicted molar refractivity (Wildman–Crippen MR) is 153 cm³/mol. The van der Waals surface area contributed by atoms with Crippen molar-refractivity contribution in [3.8, 4) is 0 Å². The van der Waals surface area contributed by atoms with E-state index in [1.54, 1.807) is 0 Å². The molecular formula is C28H56ClN3O4. The Balaban J connectivity index is 0. The Kier molecular flexibility index (Phi) is 17.3. The van der Waals surface area contributed by atoms with Gasteiger partial charge in [-0.3, -0.25) is 4.79 Å². The highest BCUT2D eigenvalue weighted by atomic mass is 35.5. The molecule has 1 fully saturated rings. The number of hydrogen-bond acceptors (Lipinski definition) is 3. The highest BCUT2D eigenvalue weighted by Gasteiger charge is 2.41. The zero-order valence-corrected chi connectivity index (χ0v) is 23.3. The summed E-state index contributed by atoms with van der Waals surface area (Å²) >= 11 is 6.24. The molecule has 214 valence electrons. The van der Waals surface area contributed by atoms with Gasteiger partial charge in [-0.2, -0.15) is 0 Å². The minimum absolute atomic E-state index is 0. The van der Waals surface area contributed by atoms with Gasteiger partial charge in [-0.25, -0.2) is 0 Å². The highest BCUT2D eigenvalue weighted by molar-refractivity contribution is 6.29. The van der Waals surface area contributed by atoms with Crippen LogP contribution in [0.15, 0.2) is 23.3 Å². The van der Waals surface area contributed by atoms with Gasteiger partial charge in [0.05, 0.1) is 5.92 Å². The molecule has 2 aliphatic carbocycles. The van der Waals surface area contributed by atoms with Crippen LogP contribution in [-0.4, -0.2) is 65.5 Å². The average molecular weight is 534 g/mol. The summed E-state index contributed by atoms with van der Waals surface area (Å²) < 4.78 is 0. The van der Waals surface area contributed by atoms with E-state index >= 15 is 0 Å². The number of likely N-dealkylation sites (tertiary alicyclic amines) is 1. The maximum absolute atomic E-state index is 13.2. The molecule has 7 nitrogen and oxygen atoms in total. The van der Waals surface area contributed by atoms with Crippen LogP contribution in [0.3, 0.4) is 0 Å². The Morgan fingerprint density at radius 1 is 1.14 bits per heavy atom. The van der Waals surface area contributed by atoms with Crippen molar-refractivity contribution in [2.75, 3.05) is 26.2 Å². The summed E-state index contributed by atoms with van der Waals surface area (Å²) in [6.45, 7) is 15.6.